The van der Waals surface area contributed by atoms with Crippen molar-refractivity contribution in [2.24, 2.45) is 0 Å². The molecule has 90 valence electrons. The highest BCUT2D eigenvalue weighted by Crippen LogP contribution is 2.07. The van der Waals surface area contributed by atoms with Gasteiger partial charge in [0, 0.05) is 38.6 Å². The van der Waals surface area contributed by atoms with E-state index in [1.165, 1.54) is 5.56 Å². The topological polar surface area (TPSA) is 39.1 Å². The van der Waals surface area contributed by atoms with Gasteiger partial charge in [-0.1, -0.05) is 30.3 Å². The second kappa shape index (κ2) is 6.39. The quantitative estimate of drug-likeness (QED) is 0.848. The van der Waals surface area contributed by atoms with Gasteiger partial charge in [-0.2, -0.15) is 5.26 Å². The minimum absolute atomic E-state index is 0.518. The minimum atomic E-state index is 0.518. The van der Waals surface area contributed by atoms with E-state index in [2.05, 4.69) is 46.6 Å². The highest BCUT2D eigenvalue weighted by molar-refractivity contribution is 5.16. The molecule has 1 aromatic carbocycles. The van der Waals surface area contributed by atoms with Crippen molar-refractivity contribution >= 4 is 0 Å². The monoisotopic (exact) mass is 229 g/mol. The summed E-state index contributed by atoms with van der Waals surface area (Å²) in [7, 11) is 0. The number of nitrogens with one attached hydrogen (secondary N) is 1. The first kappa shape index (κ1) is 12.1. The molecule has 0 amide bonds. The second-order valence-electron chi connectivity index (χ2n) is 4.55. The maximum atomic E-state index is 8.61. The number of hydrogen-bond acceptors (Lipinski definition) is 3. The fraction of sp³-hybridized carbons (Fsp3) is 0.500. The van der Waals surface area contributed by atoms with Gasteiger partial charge in [0.15, 0.2) is 0 Å². The molecule has 17 heavy (non-hydrogen) atoms. The largest absolute Gasteiger partial charge is 0.311 e. The summed E-state index contributed by atoms with van der Waals surface area (Å²) in [5, 5.41) is 12.2. The molecule has 0 aliphatic carbocycles. The van der Waals surface area contributed by atoms with Gasteiger partial charge >= 0.3 is 0 Å². The molecular formula is C14H19N3. The lowest BCUT2D eigenvalue weighted by molar-refractivity contribution is 0.203. The van der Waals surface area contributed by atoms with Gasteiger partial charge in [0.05, 0.1) is 6.07 Å². The molecule has 0 unspecified atom stereocenters. The Morgan fingerprint density at radius 1 is 1.35 bits per heavy atom. The van der Waals surface area contributed by atoms with E-state index >= 15 is 0 Å². The van der Waals surface area contributed by atoms with Crippen molar-refractivity contribution in [1.29, 1.82) is 5.26 Å². The van der Waals surface area contributed by atoms with Crippen molar-refractivity contribution in [2.45, 2.75) is 18.9 Å². The van der Waals surface area contributed by atoms with Gasteiger partial charge in [-0.05, 0) is 12.0 Å². The average Bonchev–Trinajstić information content (AvgIpc) is 2.38. The summed E-state index contributed by atoms with van der Waals surface area (Å²) in [6.45, 7) is 4.05. The molecule has 1 heterocycles. The van der Waals surface area contributed by atoms with Crippen LogP contribution in [0, 0.1) is 11.3 Å². The van der Waals surface area contributed by atoms with Crippen LogP contribution >= 0.6 is 0 Å². The Hall–Kier alpha value is -1.37. The normalized spacial score (nSPS) is 21.0. The zero-order valence-corrected chi connectivity index (χ0v) is 10.1. The minimum Gasteiger partial charge on any atom is -0.311 e. The summed E-state index contributed by atoms with van der Waals surface area (Å²) in [6.07, 6.45) is 1.71. The van der Waals surface area contributed by atoms with E-state index in [1.54, 1.807) is 0 Å². The summed E-state index contributed by atoms with van der Waals surface area (Å²) >= 11 is 0. The van der Waals surface area contributed by atoms with Gasteiger partial charge in [0.25, 0.3) is 0 Å². The predicted octanol–water partition coefficient (Wildman–Crippen LogP) is 1.42. The molecule has 1 aliphatic heterocycles. The van der Waals surface area contributed by atoms with Crippen LogP contribution in [0.5, 0.6) is 0 Å². The van der Waals surface area contributed by atoms with Crippen molar-refractivity contribution < 1.29 is 0 Å². The molecule has 1 atom stereocenters. The van der Waals surface area contributed by atoms with Gasteiger partial charge in [0.2, 0.25) is 0 Å². The lowest BCUT2D eigenvalue weighted by Gasteiger charge is -2.33. The molecule has 0 bridgehead atoms. The molecule has 1 fully saturated rings. The Balaban J connectivity index is 1.83. The van der Waals surface area contributed by atoms with E-state index in [1.807, 2.05) is 0 Å². The Morgan fingerprint density at radius 2 is 2.18 bits per heavy atom. The van der Waals surface area contributed by atoms with Crippen LogP contribution in [0.15, 0.2) is 30.3 Å². The van der Waals surface area contributed by atoms with Crippen LogP contribution in [-0.4, -0.2) is 37.1 Å². The summed E-state index contributed by atoms with van der Waals surface area (Å²) in [6, 6.07) is 13.3. The highest BCUT2D eigenvalue weighted by Gasteiger charge is 2.18. The summed E-state index contributed by atoms with van der Waals surface area (Å²) in [4.78, 5) is 2.38. The van der Waals surface area contributed by atoms with Crippen LogP contribution in [0.2, 0.25) is 0 Å². The number of nitriles is 1. The zero-order chi connectivity index (χ0) is 11.9. The Labute approximate surface area is 103 Å². The van der Waals surface area contributed by atoms with Gasteiger partial charge < -0.3 is 5.32 Å². The molecule has 2 rings (SSSR count). The second-order valence-corrected chi connectivity index (χ2v) is 4.55. The maximum Gasteiger partial charge on any atom is 0.0635 e. The van der Waals surface area contributed by atoms with Crippen LogP contribution in [0.3, 0.4) is 0 Å². The van der Waals surface area contributed by atoms with E-state index in [0.717, 1.165) is 32.6 Å². The van der Waals surface area contributed by atoms with E-state index in [4.69, 9.17) is 5.26 Å². The lowest BCUT2D eigenvalue weighted by Crippen LogP contribution is -2.51. The molecule has 0 radical (unpaired) electrons. The van der Waals surface area contributed by atoms with Crippen LogP contribution in [0.1, 0.15) is 12.0 Å². The smallest absolute Gasteiger partial charge is 0.0635 e. The third-order valence-electron chi connectivity index (χ3n) is 3.20. The number of rotatable bonds is 4. The van der Waals surface area contributed by atoms with Crippen LogP contribution in [0.25, 0.3) is 0 Å². The first-order chi connectivity index (χ1) is 8.38. The summed E-state index contributed by atoms with van der Waals surface area (Å²) in [5.41, 5.74) is 1.38. The maximum absolute atomic E-state index is 8.61. The molecular weight excluding hydrogens is 210 g/mol. The first-order valence-electron chi connectivity index (χ1n) is 6.25. The fourth-order valence-electron chi connectivity index (χ4n) is 2.34. The van der Waals surface area contributed by atoms with Crippen molar-refractivity contribution in [2.75, 3.05) is 26.2 Å². The molecule has 1 N–H and O–H groups in total. The van der Waals surface area contributed by atoms with Gasteiger partial charge in [-0.15, -0.1) is 0 Å². The first-order valence-corrected chi connectivity index (χ1v) is 6.25. The predicted molar refractivity (Wildman–Crippen MR) is 68.6 cm³/mol. The molecule has 1 aliphatic rings. The van der Waals surface area contributed by atoms with E-state index < -0.39 is 0 Å². The van der Waals surface area contributed by atoms with Crippen LogP contribution < -0.4 is 5.32 Å². The average molecular weight is 229 g/mol. The van der Waals surface area contributed by atoms with Crippen molar-refractivity contribution in [3.63, 3.8) is 0 Å². The highest BCUT2D eigenvalue weighted by atomic mass is 15.2. The molecule has 1 aromatic rings. The van der Waals surface area contributed by atoms with Crippen molar-refractivity contribution in [1.82, 2.24) is 10.2 Å². The number of hydrogen-bond donors (Lipinski definition) is 1. The molecule has 0 spiro atoms. The molecule has 0 saturated carbocycles. The molecule has 1 saturated heterocycles. The number of benzene rings is 1. The fourth-order valence-corrected chi connectivity index (χ4v) is 2.34. The van der Waals surface area contributed by atoms with Gasteiger partial charge in [-0.25, -0.2) is 0 Å². The zero-order valence-electron chi connectivity index (χ0n) is 10.1. The molecule has 0 aromatic heterocycles. The Bertz CT molecular complexity index is 369. The standard InChI is InChI=1S/C14H19N3/c15-7-4-9-17-10-8-16-14(12-17)11-13-5-2-1-3-6-13/h1-3,5-6,14,16H,4,8-12H2/t14-/m0/s1. The number of piperazine rings is 1. The van der Waals surface area contributed by atoms with Crippen molar-refractivity contribution in [3.05, 3.63) is 35.9 Å². The third kappa shape index (κ3) is 3.85. The third-order valence-corrected chi connectivity index (χ3v) is 3.20. The SMILES string of the molecule is N#CCCN1CCN[C@@H](Cc2ccccc2)C1. The van der Waals surface area contributed by atoms with Crippen LogP contribution in [-0.2, 0) is 6.42 Å². The van der Waals surface area contributed by atoms with Gasteiger partial charge in [0.1, 0.15) is 0 Å². The molecule has 3 nitrogen and oxygen atoms in total. The van der Waals surface area contributed by atoms with Crippen molar-refractivity contribution in [3.8, 4) is 6.07 Å². The number of nitrogens with zero attached hydrogens (tertiary/aromatic N) is 2. The summed E-state index contributed by atoms with van der Waals surface area (Å²) in [5.74, 6) is 0. The van der Waals surface area contributed by atoms with Gasteiger partial charge in [-0.3, -0.25) is 4.90 Å². The molecule has 3 heteroatoms. The Morgan fingerprint density at radius 3 is 2.94 bits per heavy atom. The van der Waals surface area contributed by atoms with Crippen LogP contribution in [0.4, 0.5) is 0 Å². The summed E-state index contributed by atoms with van der Waals surface area (Å²) < 4.78 is 0. The van der Waals surface area contributed by atoms with E-state index in [0.29, 0.717) is 12.5 Å². The van der Waals surface area contributed by atoms with E-state index in [9.17, 15) is 0 Å². The Kier molecular flexibility index (Phi) is 4.54. The lowest BCUT2D eigenvalue weighted by atomic mass is 10.0. The van der Waals surface area contributed by atoms with E-state index in [-0.39, 0.29) is 0 Å².